The molecule has 0 saturated heterocycles. The number of amides is 1. The number of hydrogen-bond donors (Lipinski definition) is 3. The first-order valence-electron chi connectivity index (χ1n) is 4.78. The van der Waals surface area contributed by atoms with Crippen molar-refractivity contribution in [1.82, 2.24) is 5.32 Å². The molecule has 5 heteroatoms. The number of carboxylic acids is 1. The minimum Gasteiger partial charge on any atom is -0.481 e. The van der Waals surface area contributed by atoms with E-state index in [9.17, 15) is 9.59 Å². The second kappa shape index (κ2) is 4.41. The summed E-state index contributed by atoms with van der Waals surface area (Å²) < 4.78 is 0. The molecule has 0 radical (unpaired) electrons. The van der Waals surface area contributed by atoms with Gasteiger partial charge in [0.25, 0.3) is 0 Å². The summed E-state index contributed by atoms with van der Waals surface area (Å²) >= 11 is 0. The average molecular weight is 200 g/mol. The van der Waals surface area contributed by atoms with Gasteiger partial charge in [-0.15, -0.1) is 0 Å². The van der Waals surface area contributed by atoms with Gasteiger partial charge in [-0.2, -0.15) is 0 Å². The molecule has 1 aliphatic carbocycles. The lowest BCUT2D eigenvalue weighted by Gasteiger charge is -2.17. The Labute approximate surface area is 82.7 Å². The Morgan fingerprint density at radius 2 is 2.14 bits per heavy atom. The molecule has 2 atom stereocenters. The third kappa shape index (κ3) is 3.33. The molecule has 0 aromatic heterocycles. The summed E-state index contributed by atoms with van der Waals surface area (Å²) in [5.74, 6) is -0.830. The van der Waals surface area contributed by atoms with Gasteiger partial charge in [-0.1, -0.05) is 0 Å². The van der Waals surface area contributed by atoms with Crippen molar-refractivity contribution in [3.63, 3.8) is 0 Å². The Hall–Kier alpha value is -1.10. The van der Waals surface area contributed by atoms with E-state index >= 15 is 0 Å². The van der Waals surface area contributed by atoms with Crippen molar-refractivity contribution in [3.05, 3.63) is 0 Å². The monoisotopic (exact) mass is 200 g/mol. The van der Waals surface area contributed by atoms with Crippen LogP contribution in [0.5, 0.6) is 0 Å². The number of carbonyl (C=O) groups excluding carboxylic acids is 1. The quantitative estimate of drug-likeness (QED) is 0.568. The second-order valence-corrected chi connectivity index (χ2v) is 3.84. The number of nitrogens with two attached hydrogens (primary N) is 1. The molecule has 1 amide bonds. The Bertz CT molecular complexity index is 236. The lowest BCUT2D eigenvalue weighted by atomic mass is 10.1. The zero-order chi connectivity index (χ0) is 10.7. The molecule has 0 aliphatic heterocycles. The van der Waals surface area contributed by atoms with Gasteiger partial charge in [0.05, 0.1) is 12.5 Å². The largest absolute Gasteiger partial charge is 0.481 e. The SMILES string of the molecule is C[C@@H](N)C(=O)NC(CC(=O)O)C1CC1. The van der Waals surface area contributed by atoms with Crippen LogP contribution in [0.3, 0.4) is 0 Å². The fourth-order valence-corrected chi connectivity index (χ4v) is 1.34. The zero-order valence-electron chi connectivity index (χ0n) is 8.19. The zero-order valence-corrected chi connectivity index (χ0v) is 8.19. The van der Waals surface area contributed by atoms with Gasteiger partial charge in [-0.3, -0.25) is 9.59 Å². The van der Waals surface area contributed by atoms with Crippen molar-refractivity contribution in [3.8, 4) is 0 Å². The normalized spacial score (nSPS) is 19.9. The highest BCUT2D eigenvalue weighted by atomic mass is 16.4. The van der Waals surface area contributed by atoms with Gasteiger partial charge in [0.2, 0.25) is 5.91 Å². The molecule has 5 nitrogen and oxygen atoms in total. The van der Waals surface area contributed by atoms with Gasteiger partial charge in [0.1, 0.15) is 0 Å². The van der Waals surface area contributed by atoms with Gasteiger partial charge < -0.3 is 16.2 Å². The van der Waals surface area contributed by atoms with E-state index in [0.29, 0.717) is 5.92 Å². The van der Waals surface area contributed by atoms with Gasteiger partial charge in [0, 0.05) is 6.04 Å². The predicted octanol–water partition coefficient (Wildman–Crippen LogP) is -0.297. The van der Waals surface area contributed by atoms with E-state index in [1.165, 1.54) is 0 Å². The first-order valence-corrected chi connectivity index (χ1v) is 4.78. The van der Waals surface area contributed by atoms with Crippen LogP contribution in [-0.4, -0.2) is 29.1 Å². The van der Waals surface area contributed by atoms with E-state index < -0.39 is 12.0 Å². The summed E-state index contributed by atoms with van der Waals surface area (Å²) in [7, 11) is 0. The average Bonchev–Trinajstić information content (AvgIpc) is 2.83. The maximum absolute atomic E-state index is 11.2. The summed E-state index contributed by atoms with van der Waals surface area (Å²) in [6.45, 7) is 1.58. The molecule has 0 aromatic carbocycles. The Kier molecular flexibility index (Phi) is 3.46. The van der Waals surface area contributed by atoms with Crippen LogP contribution in [0.15, 0.2) is 0 Å². The summed E-state index contributed by atoms with van der Waals surface area (Å²) in [5, 5.41) is 11.3. The molecule has 14 heavy (non-hydrogen) atoms. The summed E-state index contributed by atoms with van der Waals surface area (Å²) in [4.78, 5) is 21.7. The van der Waals surface area contributed by atoms with Crippen LogP contribution in [0.25, 0.3) is 0 Å². The number of nitrogens with one attached hydrogen (secondary N) is 1. The van der Waals surface area contributed by atoms with Crippen LogP contribution >= 0.6 is 0 Å². The molecule has 80 valence electrons. The number of carboxylic acid groups (broad SMARTS) is 1. The maximum atomic E-state index is 11.2. The molecule has 0 aromatic rings. The minimum atomic E-state index is -0.883. The van der Waals surface area contributed by atoms with E-state index in [-0.39, 0.29) is 18.4 Å². The van der Waals surface area contributed by atoms with Crippen molar-refractivity contribution in [2.75, 3.05) is 0 Å². The Morgan fingerprint density at radius 1 is 1.57 bits per heavy atom. The molecule has 0 bridgehead atoms. The summed E-state index contributed by atoms with van der Waals surface area (Å²) in [5.41, 5.74) is 5.38. The van der Waals surface area contributed by atoms with E-state index in [0.717, 1.165) is 12.8 Å². The van der Waals surface area contributed by atoms with Crippen LogP contribution in [0.4, 0.5) is 0 Å². The predicted molar refractivity (Wildman–Crippen MR) is 50.6 cm³/mol. The molecule has 0 heterocycles. The highest BCUT2D eigenvalue weighted by molar-refractivity contribution is 5.82. The van der Waals surface area contributed by atoms with E-state index in [1.54, 1.807) is 6.92 Å². The second-order valence-electron chi connectivity index (χ2n) is 3.84. The highest BCUT2D eigenvalue weighted by Gasteiger charge is 2.33. The third-order valence-electron chi connectivity index (χ3n) is 2.33. The number of rotatable bonds is 5. The number of aliphatic carboxylic acids is 1. The minimum absolute atomic E-state index is 0.0108. The van der Waals surface area contributed by atoms with Crippen LogP contribution < -0.4 is 11.1 Å². The Morgan fingerprint density at radius 3 is 2.50 bits per heavy atom. The van der Waals surface area contributed by atoms with Crippen LogP contribution in [0.1, 0.15) is 26.2 Å². The maximum Gasteiger partial charge on any atom is 0.305 e. The molecule has 1 unspecified atom stereocenters. The smallest absolute Gasteiger partial charge is 0.305 e. The molecule has 1 aliphatic rings. The van der Waals surface area contributed by atoms with Gasteiger partial charge >= 0.3 is 5.97 Å². The molecule has 0 spiro atoms. The van der Waals surface area contributed by atoms with Crippen molar-refractivity contribution < 1.29 is 14.7 Å². The van der Waals surface area contributed by atoms with E-state index in [1.807, 2.05) is 0 Å². The summed E-state index contributed by atoms with van der Waals surface area (Å²) in [6.07, 6.45) is 1.98. The standard InChI is InChI=1S/C9H16N2O3/c1-5(10)9(14)11-7(4-8(12)13)6-2-3-6/h5-7H,2-4,10H2,1H3,(H,11,14)(H,12,13)/t5-,7?/m1/s1. The topological polar surface area (TPSA) is 92.4 Å². The third-order valence-corrected chi connectivity index (χ3v) is 2.33. The van der Waals surface area contributed by atoms with Crippen molar-refractivity contribution in [2.45, 2.75) is 38.3 Å². The molecular weight excluding hydrogens is 184 g/mol. The first kappa shape index (κ1) is 11.0. The number of carbonyl (C=O) groups is 2. The van der Waals surface area contributed by atoms with Crippen molar-refractivity contribution in [1.29, 1.82) is 0 Å². The first-order chi connectivity index (χ1) is 6.50. The number of hydrogen-bond acceptors (Lipinski definition) is 3. The Balaban J connectivity index is 2.42. The summed E-state index contributed by atoms with van der Waals surface area (Å²) in [6, 6.07) is -0.823. The molecule has 1 rings (SSSR count). The molecule has 1 fully saturated rings. The van der Waals surface area contributed by atoms with Gasteiger partial charge in [-0.05, 0) is 25.7 Å². The van der Waals surface area contributed by atoms with Crippen LogP contribution in [0, 0.1) is 5.92 Å². The lowest BCUT2D eigenvalue weighted by Crippen LogP contribution is -2.45. The molecular formula is C9H16N2O3. The molecule has 4 N–H and O–H groups in total. The van der Waals surface area contributed by atoms with Crippen molar-refractivity contribution in [2.24, 2.45) is 11.7 Å². The van der Waals surface area contributed by atoms with Crippen LogP contribution in [0.2, 0.25) is 0 Å². The lowest BCUT2D eigenvalue weighted by molar-refractivity contribution is -0.138. The van der Waals surface area contributed by atoms with E-state index in [4.69, 9.17) is 10.8 Å². The van der Waals surface area contributed by atoms with Gasteiger partial charge in [-0.25, -0.2) is 0 Å². The fraction of sp³-hybridized carbons (Fsp3) is 0.778. The highest BCUT2D eigenvalue weighted by Crippen LogP contribution is 2.33. The van der Waals surface area contributed by atoms with Crippen molar-refractivity contribution >= 4 is 11.9 Å². The molecule has 1 saturated carbocycles. The van der Waals surface area contributed by atoms with Crippen LogP contribution in [-0.2, 0) is 9.59 Å². The fourth-order valence-electron chi connectivity index (χ4n) is 1.34. The van der Waals surface area contributed by atoms with E-state index in [2.05, 4.69) is 5.32 Å². The van der Waals surface area contributed by atoms with Gasteiger partial charge in [0.15, 0.2) is 0 Å².